The molecule has 4 nitrogen and oxygen atoms in total. The fourth-order valence-corrected chi connectivity index (χ4v) is 3.90. The van der Waals surface area contributed by atoms with Crippen LogP contribution in [0.5, 0.6) is 0 Å². The number of nitrogens with zero attached hydrogens (tertiary/aromatic N) is 1. The molecule has 0 saturated carbocycles. The van der Waals surface area contributed by atoms with Crippen LogP contribution in [0, 0.1) is 0 Å². The van der Waals surface area contributed by atoms with E-state index in [2.05, 4.69) is 41.5 Å². The quantitative estimate of drug-likeness (QED) is 0.780. The first-order valence-corrected chi connectivity index (χ1v) is 9.18. The van der Waals surface area contributed by atoms with Crippen molar-refractivity contribution in [2.75, 3.05) is 13.6 Å². The van der Waals surface area contributed by atoms with E-state index in [0.29, 0.717) is 12.8 Å². The zero-order valence-corrected chi connectivity index (χ0v) is 15.3. The van der Waals surface area contributed by atoms with Gasteiger partial charge >= 0.3 is 0 Å². The Bertz CT molecular complexity index is 727. The summed E-state index contributed by atoms with van der Waals surface area (Å²) in [4.78, 5) is 26.4. The molecule has 2 aromatic rings. The van der Waals surface area contributed by atoms with Crippen LogP contribution in [0.25, 0.3) is 0 Å². The number of benzene rings is 2. The fourth-order valence-electron chi connectivity index (χ4n) is 3.90. The van der Waals surface area contributed by atoms with E-state index in [1.807, 2.05) is 36.4 Å². The third kappa shape index (κ3) is 4.58. The smallest absolute Gasteiger partial charge is 0.227 e. The van der Waals surface area contributed by atoms with Gasteiger partial charge in [-0.3, -0.25) is 14.9 Å². The molecule has 1 N–H and O–H groups in total. The number of carbonyl (C=O) groups excluding carboxylic acids is 2. The second kappa shape index (κ2) is 8.28. The van der Waals surface area contributed by atoms with Gasteiger partial charge in [0.25, 0.3) is 0 Å². The normalized spacial score (nSPS) is 16.5. The van der Waals surface area contributed by atoms with Crippen LogP contribution in [0.1, 0.15) is 36.8 Å². The number of imide groups is 1. The van der Waals surface area contributed by atoms with Crippen LogP contribution in [0.4, 0.5) is 0 Å². The Hall–Kier alpha value is -2.46. The van der Waals surface area contributed by atoms with E-state index in [4.69, 9.17) is 0 Å². The number of hydrogen-bond acceptors (Lipinski definition) is 3. The molecule has 1 fully saturated rings. The van der Waals surface area contributed by atoms with Crippen molar-refractivity contribution in [1.82, 2.24) is 10.2 Å². The highest BCUT2D eigenvalue weighted by atomic mass is 16.2. The van der Waals surface area contributed by atoms with Crippen LogP contribution in [0.2, 0.25) is 0 Å². The first-order valence-electron chi connectivity index (χ1n) is 9.18. The summed E-state index contributed by atoms with van der Waals surface area (Å²) < 4.78 is 0. The Morgan fingerprint density at radius 3 is 2.12 bits per heavy atom. The Balaban J connectivity index is 1.65. The fraction of sp³-hybridized carbons (Fsp3) is 0.364. The lowest BCUT2D eigenvalue weighted by Gasteiger charge is -2.37. The Morgan fingerprint density at radius 2 is 1.50 bits per heavy atom. The maximum atomic E-state index is 12.1. The average molecular weight is 350 g/mol. The molecule has 4 heteroatoms. The van der Waals surface area contributed by atoms with E-state index in [0.717, 1.165) is 31.5 Å². The second-order valence-electron chi connectivity index (χ2n) is 7.30. The number of hydrogen-bond donors (Lipinski definition) is 1. The van der Waals surface area contributed by atoms with Gasteiger partial charge in [0.1, 0.15) is 0 Å². The minimum atomic E-state index is -0.381. The van der Waals surface area contributed by atoms with Gasteiger partial charge in [0.2, 0.25) is 11.8 Å². The van der Waals surface area contributed by atoms with E-state index in [9.17, 15) is 9.59 Å². The van der Waals surface area contributed by atoms with E-state index < -0.39 is 0 Å². The molecule has 3 rings (SSSR count). The highest BCUT2D eigenvalue weighted by molar-refractivity contribution is 5.99. The lowest BCUT2D eigenvalue weighted by Crippen LogP contribution is -2.47. The van der Waals surface area contributed by atoms with Crippen LogP contribution in [0.3, 0.4) is 0 Å². The first-order chi connectivity index (χ1) is 12.6. The summed E-state index contributed by atoms with van der Waals surface area (Å²) in [5, 5.41) is 2.45. The monoisotopic (exact) mass is 350 g/mol. The number of carbonyl (C=O) groups is 2. The van der Waals surface area contributed by atoms with Crippen LogP contribution in [0.15, 0.2) is 60.7 Å². The summed E-state index contributed by atoms with van der Waals surface area (Å²) in [7, 11) is 2.11. The summed E-state index contributed by atoms with van der Waals surface area (Å²) in [6.07, 6.45) is 2.53. The van der Waals surface area contributed by atoms with Gasteiger partial charge < -0.3 is 4.90 Å². The third-order valence-electron chi connectivity index (χ3n) is 5.15. The maximum Gasteiger partial charge on any atom is 0.227 e. The topological polar surface area (TPSA) is 49.4 Å². The van der Waals surface area contributed by atoms with Crippen molar-refractivity contribution in [2.24, 2.45) is 0 Å². The van der Waals surface area contributed by atoms with Gasteiger partial charge in [-0.2, -0.15) is 0 Å². The summed E-state index contributed by atoms with van der Waals surface area (Å²) in [6.45, 7) is 1.83. The largest absolute Gasteiger partial charge is 0.302 e. The Kier molecular flexibility index (Phi) is 5.84. The van der Waals surface area contributed by atoms with Crippen molar-refractivity contribution < 1.29 is 9.59 Å². The zero-order valence-electron chi connectivity index (χ0n) is 15.3. The molecule has 1 heterocycles. The molecule has 0 unspecified atom stereocenters. The second-order valence-corrected chi connectivity index (χ2v) is 7.30. The standard InChI is InChI=1S/C22H26N2O2/c1-24(17-18-9-4-2-5-10-18)14-8-13-22(19-11-6-3-7-12-19)15-20(25)23-21(26)16-22/h2-7,9-12H,8,13-17H2,1H3,(H,23,25,26). The van der Waals surface area contributed by atoms with Gasteiger partial charge in [0, 0.05) is 24.8 Å². The first kappa shape index (κ1) is 18.3. The third-order valence-corrected chi connectivity index (χ3v) is 5.15. The summed E-state index contributed by atoms with van der Waals surface area (Å²) in [5.74, 6) is -0.328. The molecule has 1 aliphatic rings. The SMILES string of the molecule is CN(CCCC1(c2ccccc2)CC(=O)NC(=O)C1)Cc1ccccc1. The molecule has 1 saturated heterocycles. The van der Waals surface area contributed by atoms with Crippen LogP contribution >= 0.6 is 0 Å². The molecular formula is C22H26N2O2. The molecule has 0 bridgehead atoms. The van der Waals surface area contributed by atoms with Crippen molar-refractivity contribution >= 4 is 11.8 Å². The van der Waals surface area contributed by atoms with Gasteiger partial charge in [0.05, 0.1) is 0 Å². The lowest BCUT2D eigenvalue weighted by atomic mass is 9.69. The molecule has 2 aromatic carbocycles. The molecule has 0 atom stereocenters. The predicted molar refractivity (Wildman–Crippen MR) is 103 cm³/mol. The van der Waals surface area contributed by atoms with Gasteiger partial charge in [-0.15, -0.1) is 0 Å². The van der Waals surface area contributed by atoms with Crippen molar-refractivity contribution in [3.63, 3.8) is 0 Å². The number of rotatable bonds is 7. The predicted octanol–water partition coefficient (Wildman–Crippen LogP) is 3.27. The maximum absolute atomic E-state index is 12.1. The van der Waals surface area contributed by atoms with Gasteiger partial charge in [-0.1, -0.05) is 60.7 Å². The van der Waals surface area contributed by atoms with Crippen molar-refractivity contribution in [2.45, 2.75) is 37.6 Å². The number of piperidine rings is 1. The van der Waals surface area contributed by atoms with E-state index in [1.165, 1.54) is 5.56 Å². The molecule has 2 amide bonds. The average Bonchev–Trinajstić information content (AvgIpc) is 2.62. The van der Waals surface area contributed by atoms with Crippen LogP contribution < -0.4 is 5.32 Å². The Morgan fingerprint density at radius 1 is 0.923 bits per heavy atom. The molecule has 0 spiro atoms. The minimum Gasteiger partial charge on any atom is -0.302 e. The molecule has 26 heavy (non-hydrogen) atoms. The summed E-state index contributed by atoms with van der Waals surface area (Å²) in [5.41, 5.74) is 2.00. The summed E-state index contributed by atoms with van der Waals surface area (Å²) in [6, 6.07) is 20.4. The molecule has 0 aromatic heterocycles. The van der Waals surface area contributed by atoms with Crippen LogP contribution in [-0.4, -0.2) is 30.3 Å². The molecular weight excluding hydrogens is 324 g/mol. The van der Waals surface area contributed by atoms with Crippen LogP contribution in [-0.2, 0) is 21.5 Å². The summed E-state index contributed by atoms with van der Waals surface area (Å²) >= 11 is 0. The lowest BCUT2D eigenvalue weighted by molar-refractivity contribution is -0.135. The van der Waals surface area contributed by atoms with E-state index in [-0.39, 0.29) is 17.2 Å². The van der Waals surface area contributed by atoms with Gasteiger partial charge in [-0.25, -0.2) is 0 Å². The van der Waals surface area contributed by atoms with E-state index in [1.54, 1.807) is 0 Å². The van der Waals surface area contributed by atoms with E-state index >= 15 is 0 Å². The van der Waals surface area contributed by atoms with Crippen molar-refractivity contribution in [3.05, 3.63) is 71.8 Å². The Labute approximate surface area is 155 Å². The molecule has 0 radical (unpaired) electrons. The molecule has 0 aliphatic carbocycles. The number of nitrogens with one attached hydrogen (secondary N) is 1. The molecule has 136 valence electrons. The minimum absolute atomic E-state index is 0.164. The van der Waals surface area contributed by atoms with Gasteiger partial charge in [-0.05, 0) is 37.6 Å². The zero-order chi connectivity index (χ0) is 18.4. The highest BCUT2D eigenvalue weighted by Gasteiger charge is 2.40. The van der Waals surface area contributed by atoms with Crippen molar-refractivity contribution in [1.29, 1.82) is 0 Å². The van der Waals surface area contributed by atoms with Gasteiger partial charge in [0.15, 0.2) is 0 Å². The number of amides is 2. The molecule has 1 aliphatic heterocycles. The van der Waals surface area contributed by atoms with Crippen molar-refractivity contribution in [3.8, 4) is 0 Å². The highest BCUT2D eigenvalue weighted by Crippen LogP contribution is 2.38.